The molecule has 4 N–H and O–H groups in total. The number of aromatic nitrogens is 4. The standard InChI is InChI=1S/C28H32N8O6S4/c1-45(39,40)35-21-10-6-17(7-11-21)14-23(37)29-27-33-31-25(43-27)19-4-3-5-20(16-19)26-32-34-28(44-26)30-24(38)15-18-8-12-22(13-9-18)36-46(2,41)42/h6-13,19-20,35-36H,3-5,14-16H2,1-2H3,(H,29,33,37)(H,30,34,38)/t19-,20-/m0/s1. The molecule has 46 heavy (non-hydrogen) atoms. The third-order valence-electron chi connectivity index (χ3n) is 6.99. The van der Waals surface area contributed by atoms with Gasteiger partial charge in [0, 0.05) is 23.2 Å². The Morgan fingerprint density at radius 1 is 0.674 bits per heavy atom. The normalized spacial score (nSPS) is 16.8. The molecule has 0 aliphatic heterocycles. The number of nitrogens with one attached hydrogen (secondary N) is 4. The SMILES string of the molecule is CS(=O)(=O)Nc1ccc(CC(=O)Nc2nnc([C@H]3CCC[C@H](c4nnc(NC(=O)Cc5ccc(NS(C)(=O)=O)cc5)s4)C3)s2)cc1. The number of anilines is 4. The molecule has 2 aromatic heterocycles. The van der Waals surface area contributed by atoms with E-state index in [2.05, 4.69) is 40.5 Å². The molecule has 1 aliphatic rings. The minimum absolute atomic E-state index is 0.102. The van der Waals surface area contributed by atoms with E-state index < -0.39 is 20.0 Å². The number of hydrogen-bond acceptors (Lipinski definition) is 12. The van der Waals surface area contributed by atoms with E-state index in [0.717, 1.165) is 59.3 Å². The Balaban J connectivity index is 1.11. The van der Waals surface area contributed by atoms with Crippen LogP contribution >= 0.6 is 22.7 Å². The Morgan fingerprint density at radius 2 is 1.07 bits per heavy atom. The number of benzene rings is 2. The molecule has 0 unspecified atom stereocenters. The zero-order valence-corrected chi connectivity index (χ0v) is 28.2. The molecule has 0 spiro atoms. The summed E-state index contributed by atoms with van der Waals surface area (Å²) >= 11 is 2.70. The molecule has 0 radical (unpaired) electrons. The topological polar surface area (TPSA) is 202 Å². The Morgan fingerprint density at radius 3 is 1.43 bits per heavy atom. The van der Waals surface area contributed by atoms with Gasteiger partial charge in [-0.1, -0.05) is 53.4 Å². The monoisotopic (exact) mass is 704 g/mol. The number of carbonyl (C=O) groups is 2. The van der Waals surface area contributed by atoms with Gasteiger partial charge in [0.15, 0.2) is 0 Å². The van der Waals surface area contributed by atoms with Crippen LogP contribution in [-0.2, 0) is 42.5 Å². The molecule has 1 saturated carbocycles. The molecule has 1 fully saturated rings. The first-order valence-electron chi connectivity index (χ1n) is 14.2. The molecule has 5 rings (SSSR count). The number of hydrogen-bond donors (Lipinski definition) is 4. The summed E-state index contributed by atoms with van der Waals surface area (Å²) in [5.41, 5.74) is 2.29. The largest absolute Gasteiger partial charge is 0.300 e. The van der Waals surface area contributed by atoms with E-state index in [0.29, 0.717) is 21.6 Å². The lowest BCUT2D eigenvalue weighted by Gasteiger charge is -2.25. The van der Waals surface area contributed by atoms with Crippen molar-refractivity contribution in [2.24, 2.45) is 0 Å². The number of amides is 2. The van der Waals surface area contributed by atoms with Gasteiger partial charge in [-0.05, 0) is 54.7 Å². The van der Waals surface area contributed by atoms with Crippen molar-refractivity contribution >= 4 is 76.2 Å². The molecule has 2 heterocycles. The van der Waals surface area contributed by atoms with Gasteiger partial charge in [-0.3, -0.25) is 19.0 Å². The maximum absolute atomic E-state index is 12.6. The van der Waals surface area contributed by atoms with Crippen LogP contribution in [0.1, 0.15) is 58.7 Å². The highest BCUT2D eigenvalue weighted by Crippen LogP contribution is 2.43. The van der Waals surface area contributed by atoms with E-state index in [4.69, 9.17) is 0 Å². The highest BCUT2D eigenvalue weighted by atomic mass is 32.2. The van der Waals surface area contributed by atoms with Gasteiger partial charge in [0.2, 0.25) is 42.1 Å². The minimum atomic E-state index is -3.38. The van der Waals surface area contributed by atoms with Crippen LogP contribution in [0, 0.1) is 0 Å². The Labute approximate surface area is 274 Å². The summed E-state index contributed by atoms with van der Waals surface area (Å²) in [6.45, 7) is 0. The van der Waals surface area contributed by atoms with Gasteiger partial charge >= 0.3 is 0 Å². The van der Waals surface area contributed by atoms with Crippen molar-refractivity contribution in [1.82, 2.24) is 20.4 Å². The van der Waals surface area contributed by atoms with Crippen LogP contribution in [0.2, 0.25) is 0 Å². The predicted octanol–water partition coefficient (Wildman–Crippen LogP) is 3.94. The number of nitrogens with zero attached hydrogens (tertiary/aromatic N) is 4. The van der Waals surface area contributed by atoms with Gasteiger partial charge in [0.1, 0.15) is 10.0 Å². The Bertz CT molecular complexity index is 1770. The lowest BCUT2D eigenvalue weighted by Crippen LogP contribution is -2.14. The van der Waals surface area contributed by atoms with Gasteiger partial charge in [-0.15, -0.1) is 20.4 Å². The average molecular weight is 705 g/mol. The molecular weight excluding hydrogens is 673 g/mol. The molecular formula is C28H32N8O6S4. The summed E-state index contributed by atoms with van der Waals surface area (Å²) in [5.74, 6) is -0.201. The van der Waals surface area contributed by atoms with E-state index in [1.165, 1.54) is 22.7 Å². The van der Waals surface area contributed by atoms with Crippen LogP contribution in [-0.4, -0.2) is 61.6 Å². The quantitative estimate of drug-likeness (QED) is 0.167. The molecule has 2 aromatic carbocycles. The van der Waals surface area contributed by atoms with Crippen LogP contribution < -0.4 is 20.1 Å². The van der Waals surface area contributed by atoms with E-state index in [1.807, 2.05) is 0 Å². The van der Waals surface area contributed by atoms with Crippen LogP contribution in [0.4, 0.5) is 21.6 Å². The predicted molar refractivity (Wildman–Crippen MR) is 178 cm³/mol. The average Bonchev–Trinajstić information content (AvgIpc) is 3.64. The lowest BCUT2D eigenvalue weighted by molar-refractivity contribution is -0.116. The summed E-state index contributed by atoms with van der Waals surface area (Å²) in [5, 5.41) is 25.2. The first-order chi connectivity index (χ1) is 21.8. The molecule has 0 bridgehead atoms. The Hall–Kier alpha value is -4.00. The van der Waals surface area contributed by atoms with Gasteiger partial charge in [-0.2, -0.15) is 0 Å². The van der Waals surface area contributed by atoms with Crippen molar-refractivity contribution in [2.75, 3.05) is 32.6 Å². The molecule has 0 saturated heterocycles. The maximum Gasteiger partial charge on any atom is 0.230 e. The highest BCUT2D eigenvalue weighted by Gasteiger charge is 2.29. The fraction of sp³-hybridized carbons (Fsp3) is 0.357. The lowest BCUT2D eigenvalue weighted by atomic mass is 9.82. The zero-order valence-electron chi connectivity index (χ0n) is 24.9. The van der Waals surface area contributed by atoms with Crippen LogP contribution in [0.25, 0.3) is 0 Å². The summed E-state index contributed by atoms with van der Waals surface area (Å²) < 4.78 is 50.3. The highest BCUT2D eigenvalue weighted by molar-refractivity contribution is 7.92. The fourth-order valence-corrected chi connectivity index (χ4v) is 7.99. The molecule has 2 atom stereocenters. The second-order valence-electron chi connectivity index (χ2n) is 11.0. The summed E-state index contributed by atoms with van der Waals surface area (Å²) in [7, 11) is -6.75. The first-order valence-corrected chi connectivity index (χ1v) is 19.6. The third kappa shape index (κ3) is 10.0. The first kappa shape index (κ1) is 33.4. The molecule has 14 nitrogen and oxygen atoms in total. The van der Waals surface area contributed by atoms with Gasteiger partial charge < -0.3 is 10.6 Å². The zero-order chi connectivity index (χ0) is 32.9. The maximum atomic E-state index is 12.6. The van der Waals surface area contributed by atoms with Crippen molar-refractivity contribution in [1.29, 1.82) is 0 Å². The molecule has 2 amide bonds. The summed E-state index contributed by atoms with van der Waals surface area (Å²) in [6.07, 6.45) is 5.99. The number of carbonyl (C=O) groups excluding carboxylic acids is 2. The Kier molecular flexibility index (Phi) is 10.3. The number of sulfonamides is 2. The summed E-state index contributed by atoms with van der Waals surface area (Å²) in [6, 6.07) is 13.2. The van der Waals surface area contributed by atoms with E-state index in [1.54, 1.807) is 48.5 Å². The molecule has 1 aliphatic carbocycles. The second kappa shape index (κ2) is 14.2. The van der Waals surface area contributed by atoms with Gasteiger partial charge in [0.05, 0.1) is 25.4 Å². The smallest absolute Gasteiger partial charge is 0.230 e. The van der Waals surface area contributed by atoms with Crippen molar-refractivity contribution in [3.05, 3.63) is 69.7 Å². The fourth-order valence-electron chi connectivity index (χ4n) is 5.05. The third-order valence-corrected chi connectivity index (χ3v) is 10.2. The van der Waals surface area contributed by atoms with E-state index in [-0.39, 0.29) is 36.5 Å². The van der Waals surface area contributed by atoms with Gasteiger partial charge in [0.25, 0.3) is 0 Å². The van der Waals surface area contributed by atoms with Crippen molar-refractivity contribution in [2.45, 2.75) is 50.4 Å². The van der Waals surface area contributed by atoms with Gasteiger partial charge in [-0.25, -0.2) is 16.8 Å². The van der Waals surface area contributed by atoms with Crippen molar-refractivity contribution in [3.63, 3.8) is 0 Å². The van der Waals surface area contributed by atoms with Crippen LogP contribution in [0.3, 0.4) is 0 Å². The number of rotatable bonds is 12. The second-order valence-corrected chi connectivity index (χ2v) is 16.6. The molecule has 244 valence electrons. The van der Waals surface area contributed by atoms with Crippen molar-refractivity contribution < 1.29 is 26.4 Å². The van der Waals surface area contributed by atoms with E-state index >= 15 is 0 Å². The van der Waals surface area contributed by atoms with Crippen LogP contribution in [0.15, 0.2) is 48.5 Å². The molecule has 18 heteroatoms. The minimum Gasteiger partial charge on any atom is -0.300 e. The summed E-state index contributed by atoms with van der Waals surface area (Å²) in [4.78, 5) is 25.2. The molecule has 4 aromatic rings. The van der Waals surface area contributed by atoms with E-state index in [9.17, 15) is 26.4 Å². The van der Waals surface area contributed by atoms with Crippen LogP contribution in [0.5, 0.6) is 0 Å². The van der Waals surface area contributed by atoms with Crippen molar-refractivity contribution in [3.8, 4) is 0 Å².